The van der Waals surface area contributed by atoms with Crippen molar-refractivity contribution in [1.29, 1.82) is 0 Å². The SMILES string of the molecule is O=S(=O)(NCCOc1ccc(-c2ccccc2)nn1)c1ccc(F)cc1. The molecule has 0 amide bonds. The molecule has 0 radical (unpaired) electrons. The Hall–Kier alpha value is -2.84. The maximum atomic E-state index is 12.9. The third-order valence-corrected chi connectivity index (χ3v) is 4.95. The van der Waals surface area contributed by atoms with Crippen molar-refractivity contribution in [1.82, 2.24) is 14.9 Å². The number of rotatable bonds is 7. The molecule has 3 aromatic rings. The lowest BCUT2D eigenvalue weighted by Gasteiger charge is -2.08. The van der Waals surface area contributed by atoms with Gasteiger partial charge in [0.05, 0.1) is 10.6 Å². The van der Waals surface area contributed by atoms with Gasteiger partial charge in [-0.05, 0) is 30.3 Å². The summed E-state index contributed by atoms with van der Waals surface area (Å²) in [5.74, 6) is -0.199. The van der Waals surface area contributed by atoms with E-state index in [1.54, 1.807) is 12.1 Å². The van der Waals surface area contributed by atoms with E-state index in [2.05, 4.69) is 14.9 Å². The van der Waals surface area contributed by atoms with Crippen LogP contribution in [0.1, 0.15) is 0 Å². The summed E-state index contributed by atoms with van der Waals surface area (Å²) in [6.45, 7) is 0.127. The molecule has 134 valence electrons. The Morgan fingerprint density at radius 3 is 2.31 bits per heavy atom. The summed E-state index contributed by atoms with van der Waals surface area (Å²) in [6, 6.07) is 17.6. The molecule has 0 aliphatic heterocycles. The minimum absolute atomic E-state index is 0.00842. The van der Waals surface area contributed by atoms with E-state index in [-0.39, 0.29) is 18.0 Å². The molecule has 8 heteroatoms. The molecule has 0 saturated heterocycles. The summed E-state index contributed by atoms with van der Waals surface area (Å²) in [6.07, 6.45) is 0. The van der Waals surface area contributed by atoms with Gasteiger partial charge in [-0.15, -0.1) is 10.2 Å². The second-order valence-electron chi connectivity index (χ2n) is 5.32. The molecule has 0 unspecified atom stereocenters. The molecule has 0 aliphatic carbocycles. The third-order valence-electron chi connectivity index (χ3n) is 3.48. The van der Waals surface area contributed by atoms with E-state index in [4.69, 9.17) is 4.74 Å². The highest BCUT2D eigenvalue weighted by atomic mass is 32.2. The Kier molecular flexibility index (Phi) is 5.55. The average molecular weight is 373 g/mol. The topological polar surface area (TPSA) is 81.2 Å². The summed E-state index contributed by atoms with van der Waals surface area (Å²) in [5, 5.41) is 8.05. The molecule has 6 nitrogen and oxygen atoms in total. The lowest BCUT2D eigenvalue weighted by Crippen LogP contribution is -2.28. The van der Waals surface area contributed by atoms with Crippen LogP contribution in [0.4, 0.5) is 4.39 Å². The molecule has 0 spiro atoms. The fraction of sp³-hybridized carbons (Fsp3) is 0.111. The van der Waals surface area contributed by atoms with Crippen LogP contribution in [0.5, 0.6) is 5.88 Å². The molecule has 26 heavy (non-hydrogen) atoms. The number of nitrogens with one attached hydrogen (secondary N) is 1. The van der Waals surface area contributed by atoms with Crippen LogP contribution in [-0.2, 0) is 10.0 Å². The first-order valence-electron chi connectivity index (χ1n) is 7.82. The number of aromatic nitrogens is 2. The van der Waals surface area contributed by atoms with Gasteiger partial charge in [-0.25, -0.2) is 17.5 Å². The number of ether oxygens (including phenoxy) is 1. The van der Waals surface area contributed by atoms with Crippen LogP contribution < -0.4 is 9.46 Å². The van der Waals surface area contributed by atoms with Crippen molar-refractivity contribution in [2.75, 3.05) is 13.2 Å². The van der Waals surface area contributed by atoms with Gasteiger partial charge in [0.15, 0.2) is 0 Å². The molecule has 1 N–H and O–H groups in total. The average Bonchev–Trinajstić information content (AvgIpc) is 2.67. The van der Waals surface area contributed by atoms with Crippen LogP contribution in [0, 0.1) is 5.82 Å². The maximum absolute atomic E-state index is 12.9. The monoisotopic (exact) mass is 373 g/mol. The molecule has 0 saturated carbocycles. The largest absolute Gasteiger partial charge is 0.475 e. The van der Waals surface area contributed by atoms with Crippen molar-refractivity contribution < 1.29 is 17.5 Å². The van der Waals surface area contributed by atoms with Crippen molar-refractivity contribution in [2.45, 2.75) is 4.90 Å². The van der Waals surface area contributed by atoms with Gasteiger partial charge in [0.25, 0.3) is 0 Å². The number of nitrogens with zero attached hydrogens (tertiary/aromatic N) is 2. The van der Waals surface area contributed by atoms with E-state index in [9.17, 15) is 12.8 Å². The number of hydrogen-bond donors (Lipinski definition) is 1. The van der Waals surface area contributed by atoms with Crippen molar-refractivity contribution in [2.24, 2.45) is 0 Å². The van der Waals surface area contributed by atoms with Gasteiger partial charge in [0.1, 0.15) is 12.4 Å². The van der Waals surface area contributed by atoms with E-state index >= 15 is 0 Å². The Bertz CT molecular complexity index is 947. The number of benzene rings is 2. The second-order valence-corrected chi connectivity index (χ2v) is 7.09. The van der Waals surface area contributed by atoms with Crippen LogP contribution in [0.2, 0.25) is 0 Å². The number of hydrogen-bond acceptors (Lipinski definition) is 5. The van der Waals surface area contributed by atoms with E-state index in [1.165, 1.54) is 12.1 Å². The van der Waals surface area contributed by atoms with Gasteiger partial charge in [0.2, 0.25) is 15.9 Å². The fourth-order valence-corrected chi connectivity index (χ4v) is 3.20. The van der Waals surface area contributed by atoms with Gasteiger partial charge in [-0.1, -0.05) is 30.3 Å². The predicted octanol–water partition coefficient (Wildman–Crippen LogP) is 2.64. The van der Waals surface area contributed by atoms with Gasteiger partial charge in [-0.2, -0.15) is 0 Å². The van der Waals surface area contributed by atoms with Crippen LogP contribution in [0.25, 0.3) is 11.3 Å². The van der Waals surface area contributed by atoms with E-state index in [0.29, 0.717) is 5.88 Å². The number of halogens is 1. The van der Waals surface area contributed by atoms with Crippen molar-refractivity contribution in [3.8, 4) is 17.1 Å². The Balaban J connectivity index is 1.51. The summed E-state index contributed by atoms with van der Waals surface area (Å²) >= 11 is 0. The summed E-state index contributed by atoms with van der Waals surface area (Å²) in [4.78, 5) is -0.00842. The molecule has 0 fully saturated rings. The molecule has 3 rings (SSSR count). The minimum Gasteiger partial charge on any atom is -0.475 e. The zero-order chi connectivity index (χ0) is 18.4. The molecule has 1 aromatic heterocycles. The molecule has 0 atom stereocenters. The quantitative estimate of drug-likeness (QED) is 0.644. The van der Waals surface area contributed by atoms with E-state index in [0.717, 1.165) is 23.4 Å². The van der Waals surface area contributed by atoms with Crippen molar-refractivity contribution in [3.63, 3.8) is 0 Å². The third kappa shape index (κ3) is 4.62. The second kappa shape index (κ2) is 8.03. The lowest BCUT2D eigenvalue weighted by atomic mass is 10.1. The van der Waals surface area contributed by atoms with E-state index < -0.39 is 15.8 Å². The molecule has 2 aromatic carbocycles. The fourth-order valence-electron chi connectivity index (χ4n) is 2.19. The van der Waals surface area contributed by atoms with Crippen molar-refractivity contribution in [3.05, 3.63) is 72.5 Å². The Morgan fingerprint density at radius 1 is 0.923 bits per heavy atom. The summed E-state index contributed by atoms with van der Waals surface area (Å²) < 4.78 is 44.7. The summed E-state index contributed by atoms with van der Waals surface area (Å²) in [5.41, 5.74) is 1.66. The van der Waals surface area contributed by atoms with Crippen LogP contribution in [-0.4, -0.2) is 31.8 Å². The molecule has 1 heterocycles. The van der Waals surface area contributed by atoms with Gasteiger partial charge < -0.3 is 4.74 Å². The first kappa shape index (κ1) is 18.0. The predicted molar refractivity (Wildman–Crippen MR) is 94.6 cm³/mol. The summed E-state index contributed by atoms with van der Waals surface area (Å²) in [7, 11) is -3.71. The normalized spacial score (nSPS) is 11.3. The maximum Gasteiger partial charge on any atom is 0.240 e. The Labute approximate surface area is 150 Å². The van der Waals surface area contributed by atoms with Crippen molar-refractivity contribution >= 4 is 10.0 Å². The highest BCUT2D eigenvalue weighted by Gasteiger charge is 2.13. The Morgan fingerprint density at radius 2 is 1.65 bits per heavy atom. The van der Waals surface area contributed by atoms with Crippen LogP contribution in [0.3, 0.4) is 0 Å². The van der Waals surface area contributed by atoms with Gasteiger partial charge >= 0.3 is 0 Å². The smallest absolute Gasteiger partial charge is 0.240 e. The van der Waals surface area contributed by atoms with Gasteiger partial charge in [-0.3, -0.25) is 0 Å². The molecular formula is C18H16FN3O3S. The zero-order valence-corrected chi connectivity index (χ0v) is 14.5. The van der Waals surface area contributed by atoms with E-state index in [1.807, 2.05) is 30.3 Å². The van der Waals surface area contributed by atoms with Crippen LogP contribution >= 0.6 is 0 Å². The first-order valence-corrected chi connectivity index (χ1v) is 9.30. The molecule has 0 bridgehead atoms. The first-order chi connectivity index (χ1) is 12.5. The molecular weight excluding hydrogens is 357 g/mol. The minimum atomic E-state index is -3.71. The lowest BCUT2D eigenvalue weighted by molar-refractivity contribution is 0.307. The highest BCUT2D eigenvalue weighted by Crippen LogP contribution is 2.17. The highest BCUT2D eigenvalue weighted by molar-refractivity contribution is 7.89. The number of sulfonamides is 1. The standard InChI is InChI=1S/C18H16FN3O3S/c19-15-6-8-16(9-7-15)26(23,24)20-12-13-25-18-11-10-17(21-22-18)14-4-2-1-3-5-14/h1-11,20H,12-13H2. The van der Waals surface area contributed by atoms with Crippen LogP contribution in [0.15, 0.2) is 71.6 Å². The molecule has 0 aliphatic rings. The zero-order valence-electron chi connectivity index (χ0n) is 13.7. The van der Waals surface area contributed by atoms with Gasteiger partial charge in [0, 0.05) is 18.2 Å².